The summed E-state index contributed by atoms with van der Waals surface area (Å²) in [6, 6.07) is 0. The average molecular weight is 138 g/mol. The zero-order valence-corrected chi connectivity index (χ0v) is 5.96. The Morgan fingerprint density at radius 2 is 2.30 bits per heavy atom. The lowest BCUT2D eigenvalue weighted by Crippen LogP contribution is -1.97. The summed E-state index contributed by atoms with van der Waals surface area (Å²) in [5.74, 6) is 0. The van der Waals surface area contributed by atoms with E-state index >= 15 is 0 Å². The molecule has 3 nitrogen and oxygen atoms in total. The topological polar surface area (TPSA) is 38.0 Å². The molecule has 3 heteroatoms. The smallest absolute Gasteiger partial charge is 0.0833 e. The summed E-state index contributed by atoms with van der Waals surface area (Å²) in [5, 5.41) is 13.1. The van der Waals surface area contributed by atoms with E-state index in [9.17, 15) is 0 Å². The minimum atomic E-state index is 0.979. The number of fused-ring (bicyclic) bond motifs is 1. The molecule has 10 heavy (non-hydrogen) atoms. The molecule has 1 heterocycles. The third-order valence-corrected chi connectivity index (χ3v) is 2.11. The van der Waals surface area contributed by atoms with Crippen LogP contribution in [0.5, 0.6) is 0 Å². The predicted molar refractivity (Wildman–Crippen MR) is 36.2 cm³/mol. The van der Waals surface area contributed by atoms with Gasteiger partial charge in [-0.15, -0.1) is 9.94 Å². The van der Waals surface area contributed by atoms with Gasteiger partial charge < -0.3 is 5.21 Å². The summed E-state index contributed by atoms with van der Waals surface area (Å²) < 4.78 is 0. The Hall–Kier alpha value is -0.990. The van der Waals surface area contributed by atoms with Gasteiger partial charge in [0.1, 0.15) is 0 Å². The van der Waals surface area contributed by atoms with Crippen LogP contribution in [0, 0.1) is 6.92 Å². The van der Waals surface area contributed by atoms with Crippen molar-refractivity contribution in [3.05, 3.63) is 17.0 Å². The van der Waals surface area contributed by atoms with E-state index in [-0.39, 0.29) is 0 Å². The molecule has 0 spiro atoms. The van der Waals surface area contributed by atoms with E-state index in [0.29, 0.717) is 0 Å². The standard InChI is InChI=1S/C7H10N2O/c1-5-6-3-2-4-7(6)9(10)8-5/h10H,2-4H2,1H3. The molecule has 0 bridgehead atoms. The van der Waals surface area contributed by atoms with Gasteiger partial charge in [-0.25, -0.2) is 0 Å². The van der Waals surface area contributed by atoms with Gasteiger partial charge in [0.25, 0.3) is 0 Å². The average Bonchev–Trinajstić information content (AvgIpc) is 2.39. The molecule has 1 N–H and O–H groups in total. The largest absolute Gasteiger partial charge is 0.411 e. The van der Waals surface area contributed by atoms with Crippen molar-refractivity contribution in [1.29, 1.82) is 0 Å². The van der Waals surface area contributed by atoms with E-state index in [1.807, 2.05) is 6.92 Å². The van der Waals surface area contributed by atoms with Crippen molar-refractivity contribution in [2.75, 3.05) is 0 Å². The second-order valence-electron chi connectivity index (χ2n) is 2.75. The molecule has 1 aromatic heterocycles. The van der Waals surface area contributed by atoms with Crippen molar-refractivity contribution < 1.29 is 5.21 Å². The molecule has 54 valence electrons. The van der Waals surface area contributed by atoms with Crippen LogP contribution in [0.3, 0.4) is 0 Å². The highest BCUT2D eigenvalue weighted by Gasteiger charge is 2.19. The van der Waals surface area contributed by atoms with Crippen LogP contribution in [0.15, 0.2) is 0 Å². The molecule has 2 rings (SSSR count). The molecule has 0 radical (unpaired) electrons. The fraction of sp³-hybridized carbons (Fsp3) is 0.571. The Morgan fingerprint density at radius 3 is 3.00 bits per heavy atom. The summed E-state index contributed by atoms with van der Waals surface area (Å²) in [5.41, 5.74) is 3.25. The third kappa shape index (κ3) is 0.574. The van der Waals surface area contributed by atoms with E-state index < -0.39 is 0 Å². The van der Waals surface area contributed by atoms with Gasteiger partial charge in [0, 0.05) is 5.56 Å². The Bertz CT molecular complexity index is 240. The quantitative estimate of drug-likeness (QED) is 0.541. The van der Waals surface area contributed by atoms with Crippen LogP contribution in [0.1, 0.15) is 23.4 Å². The Balaban J connectivity index is 2.61. The van der Waals surface area contributed by atoms with Crippen molar-refractivity contribution in [2.24, 2.45) is 0 Å². The highest BCUT2D eigenvalue weighted by atomic mass is 16.5. The van der Waals surface area contributed by atoms with Crippen molar-refractivity contribution in [3.8, 4) is 0 Å². The molecule has 1 aromatic rings. The lowest BCUT2D eigenvalue weighted by molar-refractivity contribution is 0.139. The monoisotopic (exact) mass is 138 g/mol. The maximum Gasteiger partial charge on any atom is 0.0833 e. The molecule has 0 aliphatic heterocycles. The molecule has 0 aromatic carbocycles. The number of aromatic nitrogens is 2. The zero-order chi connectivity index (χ0) is 7.14. The first kappa shape index (κ1) is 5.77. The van der Waals surface area contributed by atoms with E-state index in [1.54, 1.807) is 0 Å². The van der Waals surface area contributed by atoms with Crippen LogP contribution < -0.4 is 0 Å². The molecule has 1 aliphatic carbocycles. The second kappa shape index (κ2) is 1.75. The fourth-order valence-electron chi connectivity index (χ4n) is 1.60. The van der Waals surface area contributed by atoms with Gasteiger partial charge in [0.15, 0.2) is 0 Å². The molecule has 0 saturated heterocycles. The highest BCUT2D eigenvalue weighted by molar-refractivity contribution is 5.28. The van der Waals surface area contributed by atoms with Gasteiger partial charge in [-0.2, -0.15) is 0 Å². The first-order chi connectivity index (χ1) is 4.79. The molecule has 0 saturated carbocycles. The number of hydrogen-bond acceptors (Lipinski definition) is 2. The molecule has 0 fully saturated rings. The van der Waals surface area contributed by atoms with Crippen molar-refractivity contribution in [3.63, 3.8) is 0 Å². The first-order valence-corrected chi connectivity index (χ1v) is 3.55. The lowest BCUT2D eigenvalue weighted by Gasteiger charge is -1.90. The SMILES string of the molecule is Cc1nn(O)c2c1CCC2. The molecular formula is C7H10N2O. The molecule has 1 aliphatic rings. The fourth-order valence-corrected chi connectivity index (χ4v) is 1.60. The maximum absolute atomic E-state index is 9.16. The van der Waals surface area contributed by atoms with Crippen molar-refractivity contribution in [1.82, 2.24) is 9.94 Å². The summed E-state index contributed by atoms with van der Waals surface area (Å²) >= 11 is 0. The minimum Gasteiger partial charge on any atom is -0.411 e. The number of aryl methyl sites for hydroxylation is 1. The summed E-state index contributed by atoms with van der Waals surface area (Å²) in [7, 11) is 0. The maximum atomic E-state index is 9.16. The second-order valence-corrected chi connectivity index (χ2v) is 2.75. The van der Waals surface area contributed by atoms with Gasteiger partial charge >= 0.3 is 0 Å². The van der Waals surface area contributed by atoms with E-state index in [4.69, 9.17) is 5.21 Å². The minimum absolute atomic E-state index is 0.979. The van der Waals surface area contributed by atoms with Crippen molar-refractivity contribution in [2.45, 2.75) is 26.2 Å². The first-order valence-electron chi connectivity index (χ1n) is 3.55. The highest BCUT2D eigenvalue weighted by Crippen LogP contribution is 2.23. The number of rotatable bonds is 0. The summed E-state index contributed by atoms with van der Waals surface area (Å²) in [6.45, 7) is 1.94. The van der Waals surface area contributed by atoms with Crippen LogP contribution in [-0.4, -0.2) is 15.2 Å². The van der Waals surface area contributed by atoms with Gasteiger partial charge in [-0.1, -0.05) is 0 Å². The molecule has 0 unspecified atom stereocenters. The van der Waals surface area contributed by atoms with Crippen LogP contribution >= 0.6 is 0 Å². The zero-order valence-electron chi connectivity index (χ0n) is 5.96. The number of nitrogens with zero attached hydrogens (tertiary/aromatic N) is 2. The molecular weight excluding hydrogens is 128 g/mol. The van der Waals surface area contributed by atoms with Gasteiger partial charge in [0.2, 0.25) is 0 Å². The van der Waals surface area contributed by atoms with Gasteiger partial charge in [0.05, 0.1) is 11.4 Å². The van der Waals surface area contributed by atoms with Crippen LogP contribution in [0.2, 0.25) is 0 Å². The Morgan fingerprint density at radius 1 is 1.50 bits per heavy atom. The van der Waals surface area contributed by atoms with Gasteiger partial charge in [-0.05, 0) is 26.2 Å². The molecule has 0 amide bonds. The van der Waals surface area contributed by atoms with Crippen LogP contribution in [0.25, 0.3) is 0 Å². The van der Waals surface area contributed by atoms with E-state index in [1.165, 1.54) is 5.56 Å². The van der Waals surface area contributed by atoms with Crippen LogP contribution in [0.4, 0.5) is 0 Å². The number of hydrogen-bond donors (Lipinski definition) is 1. The third-order valence-electron chi connectivity index (χ3n) is 2.11. The Labute approximate surface area is 59.2 Å². The van der Waals surface area contributed by atoms with Crippen LogP contribution in [-0.2, 0) is 12.8 Å². The van der Waals surface area contributed by atoms with E-state index in [2.05, 4.69) is 5.10 Å². The molecule has 0 atom stereocenters. The predicted octanol–water partition coefficient (Wildman–Crippen LogP) is 0.918. The Kier molecular flexibility index (Phi) is 1.01. The normalized spacial score (nSPS) is 15.7. The summed E-state index contributed by atoms with van der Waals surface area (Å²) in [6.07, 6.45) is 3.23. The summed E-state index contributed by atoms with van der Waals surface area (Å²) in [4.78, 5) is 1.03. The van der Waals surface area contributed by atoms with Gasteiger partial charge in [-0.3, -0.25) is 0 Å². The van der Waals surface area contributed by atoms with Crippen molar-refractivity contribution >= 4 is 0 Å². The lowest BCUT2D eigenvalue weighted by atomic mass is 10.2. The van der Waals surface area contributed by atoms with E-state index in [0.717, 1.165) is 35.5 Å².